The zero-order chi connectivity index (χ0) is 9.78. The third kappa shape index (κ3) is 3.32. The Morgan fingerprint density at radius 3 is 1.92 bits per heavy atom. The van der Waals surface area contributed by atoms with Crippen LogP contribution in [-0.2, 0) is 14.8 Å². The smallest absolute Gasteiger partial charge is 0.221 e. The molecule has 0 saturated carbocycles. The van der Waals surface area contributed by atoms with Crippen LogP contribution in [0.1, 0.15) is 20.8 Å². The summed E-state index contributed by atoms with van der Waals surface area (Å²) in [5.41, 5.74) is 0. The molecule has 12 heavy (non-hydrogen) atoms. The Hall–Kier alpha value is -0.420. The molecule has 0 atom stereocenters. The largest absolute Gasteiger partial charge is 0.299 e. The van der Waals surface area contributed by atoms with Crippen molar-refractivity contribution in [2.45, 2.75) is 20.8 Å². The van der Waals surface area contributed by atoms with Crippen LogP contribution in [0.5, 0.6) is 0 Å². The van der Waals surface area contributed by atoms with Crippen LogP contribution in [0.15, 0.2) is 0 Å². The summed E-state index contributed by atoms with van der Waals surface area (Å²) in [4.78, 5) is 10.6. The Kier molecular flexibility index (Phi) is 4.41. The topological polar surface area (TPSA) is 54.5 Å². The predicted molar refractivity (Wildman–Crippen MR) is 47.4 cm³/mol. The molecule has 0 spiro atoms. The van der Waals surface area contributed by atoms with Gasteiger partial charge in [0.15, 0.2) is 0 Å². The number of rotatable bonds is 5. The van der Waals surface area contributed by atoms with Gasteiger partial charge in [0, 0.05) is 13.1 Å². The first-order chi connectivity index (χ1) is 5.44. The molecule has 0 saturated heterocycles. The number of Topliss-reactive ketones (excluding diaryl/α,β-unsaturated/α-hetero) is 1. The van der Waals surface area contributed by atoms with E-state index in [4.69, 9.17) is 0 Å². The lowest BCUT2D eigenvalue weighted by atomic mass is 10.5. The number of hydrogen-bond donors (Lipinski definition) is 0. The van der Waals surface area contributed by atoms with Crippen LogP contribution in [0.25, 0.3) is 0 Å². The number of nitrogens with zero attached hydrogens (tertiary/aromatic N) is 1. The monoisotopic (exact) mass is 193 g/mol. The first kappa shape index (κ1) is 11.6. The maximum Gasteiger partial charge on any atom is 0.221 e. The third-order valence-corrected chi connectivity index (χ3v) is 3.56. The molecule has 0 aliphatic rings. The molecule has 0 aromatic carbocycles. The second kappa shape index (κ2) is 4.57. The van der Waals surface area contributed by atoms with E-state index in [1.165, 1.54) is 11.2 Å². The van der Waals surface area contributed by atoms with Crippen molar-refractivity contribution in [3.8, 4) is 0 Å². The number of hydrogen-bond acceptors (Lipinski definition) is 3. The third-order valence-electron chi connectivity index (χ3n) is 1.48. The van der Waals surface area contributed by atoms with Gasteiger partial charge in [0.25, 0.3) is 0 Å². The molecule has 0 unspecified atom stereocenters. The summed E-state index contributed by atoms with van der Waals surface area (Å²) in [6.45, 7) is 5.63. The highest BCUT2D eigenvalue weighted by Crippen LogP contribution is 2.00. The molecule has 0 bridgehead atoms. The van der Waals surface area contributed by atoms with Gasteiger partial charge < -0.3 is 0 Å². The van der Waals surface area contributed by atoms with Gasteiger partial charge in [-0.1, -0.05) is 13.8 Å². The van der Waals surface area contributed by atoms with E-state index in [1.807, 2.05) is 0 Å². The van der Waals surface area contributed by atoms with E-state index in [-0.39, 0.29) is 11.5 Å². The van der Waals surface area contributed by atoms with Crippen molar-refractivity contribution in [3.63, 3.8) is 0 Å². The summed E-state index contributed by atoms with van der Waals surface area (Å²) in [5, 5.41) is 0. The Labute approximate surface area is 73.6 Å². The van der Waals surface area contributed by atoms with E-state index >= 15 is 0 Å². The number of sulfonamides is 1. The van der Waals surface area contributed by atoms with Gasteiger partial charge in [0.1, 0.15) is 11.5 Å². The SMILES string of the molecule is CCN(CC)S(=O)(=O)CC(C)=O. The maximum absolute atomic E-state index is 11.3. The Morgan fingerprint density at radius 1 is 1.25 bits per heavy atom. The molecule has 0 aromatic heterocycles. The summed E-state index contributed by atoms with van der Waals surface area (Å²) >= 11 is 0. The minimum Gasteiger partial charge on any atom is -0.299 e. The number of carbonyl (C=O) groups excluding carboxylic acids is 1. The average molecular weight is 193 g/mol. The predicted octanol–water partition coefficient (Wildman–Crippen LogP) is 0.247. The first-order valence-corrected chi connectivity index (χ1v) is 5.52. The van der Waals surface area contributed by atoms with Crippen molar-refractivity contribution < 1.29 is 13.2 Å². The van der Waals surface area contributed by atoms with Crippen LogP contribution in [0.3, 0.4) is 0 Å². The van der Waals surface area contributed by atoms with Crippen LogP contribution in [0, 0.1) is 0 Å². The molecule has 0 aliphatic carbocycles. The molecule has 4 nitrogen and oxygen atoms in total. The molecule has 0 heterocycles. The van der Waals surface area contributed by atoms with Gasteiger partial charge in [-0.25, -0.2) is 12.7 Å². The van der Waals surface area contributed by atoms with Crippen LogP contribution < -0.4 is 0 Å². The van der Waals surface area contributed by atoms with E-state index in [0.717, 1.165) is 0 Å². The standard InChI is InChI=1S/C7H15NO3S/c1-4-8(5-2)12(10,11)6-7(3)9/h4-6H2,1-3H3. The minimum absolute atomic E-state index is 0.318. The van der Waals surface area contributed by atoms with Crippen molar-refractivity contribution in [1.82, 2.24) is 4.31 Å². The zero-order valence-electron chi connectivity index (χ0n) is 7.70. The molecule has 5 heteroatoms. The molecule has 0 aromatic rings. The van der Waals surface area contributed by atoms with Crippen LogP contribution >= 0.6 is 0 Å². The van der Waals surface area contributed by atoms with Gasteiger partial charge >= 0.3 is 0 Å². The van der Waals surface area contributed by atoms with Crippen molar-refractivity contribution in [1.29, 1.82) is 0 Å². The highest BCUT2D eigenvalue weighted by atomic mass is 32.2. The lowest BCUT2D eigenvalue weighted by Gasteiger charge is -2.16. The summed E-state index contributed by atoms with van der Waals surface area (Å²) in [6.07, 6.45) is 0. The van der Waals surface area contributed by atoms with Crippen molar-refractivity contribution in [3.05, 3.63) is 0 Å². The Morgan fingerprint density at radius 2 is 1.67 bits per heavy atom. The normalized spacial score (nSPS) is 12.0. The number of ketones is 1. The maximum atomic E-state index is 11.3. The fourth-order valence-electron chi connectivity index (χ4n) is 0.965. The highest BCUT2D eigenvalue weighted by Gasteiger charge is 2.19. The fraction of sp³-hybridized carbons (Fsp3) is 0.857. The lowest BCUT2D eigenvalue weighted by Crippen LogP contribution is -2.34. The van der Waals surface area contributed by atoms with Gasteiger partial charge in [0.2, 0.25) is 10.0 Å². The van der Waals surface area contributed by atoms with E-state index in [1.54, 1.807) is 13.8 Å². The second-order valence-electron chi connectivity index (χ2n) is 2.54. The Balaban J connectivity index is 4.48. The van der Waals surface area contributed by atoms with Gasteiger partial charge in [0.05, 0.1) is 0 Å². The molecular weight excluding hydrogens is 178 g/mol. The molecule has 0 aliphatic heterocycles. The van der Waals surface area contributed by atoms with Gasteiger partial charge in [-0.15, -0.1) is 0 Å². The van der Waals surface area contributed by atoms with Gasteiger partial charge in [-0.2, -0.15) is 0 Å². The zero-order valence-corrected chi connectivity index (χ0v) is 8.52. The first-order valence-electron chi connectivity index (χ1n) is 3.91. The average Bonchev–Trinajstić information content (AvgIpc) is 1.85. The van der Waals surface area contributed by atoms with Crippen molar-refractivity contribution in [2.24, 2.45) is 0 Å². The van der Waals surface area contributed by atoms with Gasteiger partial charge in [-0.3, -0.25) is 4.79 Å². The molecule has 0 rings (SSSR count). The van der Waals surface area contributed by atoms with Crippen molar-refractivity contribution >= 4 is 15.8 Å². The Bertz CT molecular complexity index is 241. The molecule has 72 valence electrons. The molecular formula is C7H15NO3S. The minimum atomic E-state index is -3.34. The summed E-state index contributed by atoms with van der Waals surface area (Å²) in [5.74, 6) is -0.698. The van der Waals surface area contributed by atoms with E-state index < -0.39 is 10.0 Å². The van der Waals surface area contributed by atoms with Crippen LogP contribution in [-0.4, -0.2) is 37.3 Å². The molecule has 0 N–H and O–H groups in total. The van der Waals surface area contributed by atoms with Crippen LogP contribution in [0.2, 0.25) is 0 Å². The van der Waals surface area contributed by atoms with Crippen LogP contribution in [0.4, 0.5) is 0 Å². The highest BCUT2D eigenvalue weighted by molar-refractivity contribution is 7.89. The fourth-order valence-corrected chi connectivity index (χ4v) is 2.45. The van der Waals surface area contributed by atoms with E-state index in [0.29, 0.717) is 13.1 Å². The molecule has 0 fully saturated rings. The second-order valence-corrected chi connectivity index (χ2v) is 4.51. The van der Waals surface area contributed by atoms with E-state index in [9.17, 15) is 13.2 Å². The molecule has 0 radical (unpaired) electrons. The number of carbonyl (C=O) groups is 1. The summed E-state index contributed by atoms with van der Waals surface area (Å²) in [7, 11) is -3.34. The quantitative estimate of drug-likeness (QED) is 0.628. The van der Waals surface area contributed by atoms with Gasteiger partial charge in [-0.05, 0) is 6.92 Å². The lowest BCUT2D eigenvalue weighted by molar-refractivity contribution is -0.114. The van der Waals surface area contributed by atoms with E-state index in [2.05, 4.69) is 0 Å². The summed E-state index contributed by atoms with van der Waals surface area (Å²) < 4.78 is 23.9. The molecule has 0 amide bonds. The summed E-state index contributed by atoms with van der Waals surface area (Å²) in [6, 6.07) is 0. The van der Waals surface area contributed by atoms with Crippen molar-refractivity contribution in [2.75, 3.05) is 18.8 Å².